The van der Waals surface area contributed by atoms with Crippen LogP contribution in [0.25, 0.3) is 0 Å². The van der Waals surface area contributed by atoms with Crippen molar-refractivity contribution in [1.29, 1.82) is 0 Å². The van der Waals surface area contributed by atoms with Gasteiger partial charge in [-0.2, -0.15) is 4.98 Å². The third-order valence-electron chi connectivity index (χ3n) is 1.10. The molecule has 0 bridgehead atoms. The highest BCUT2D eigenvalue weighted by Crippen LogP contribution is 2.42. The summed E-state index contributed by atoms with van der Waals surface area (Å²) in [5, 5.41) is -0.0636. The molecule has 0 amide bonds. The second-order valence-electron chi connectivity index (χ2n) is 2.03. The van der Waals surface area contributed by atoms with Crippen LogP contribution in [-0.4, -0.2) is 9.97 Å². The van der Waals surface area contributed by atoms with Gasteiger partial charge in [0.25, 0.3) is 0 Å². The van der Waals surface area contributed by atoms with E-state index in [2.05, 4.69) is 9.97 Å². The van der Waals surface area contributed by atoms with Gasteiger partial charge in [-0.25, -0.2) is 4.98 Å². The Labute approximate surface area is 99.1 Å². The van der Waals surface area contributed by atoms with Crippen LogP contribution < -0.4 is 5.73 Å². The van der Waals surface area contributed by atoms with Gasteiger partial charge in [-0.15, -0.1) is 0 Å². The van der Waals surface area contributed by atoms with Crippen molar-refractivity contribution < 1.29 is 0 Å². The number of halogens is 5. The van der Waals surface area contributed by atoms with Gasteiger partial charge in [0.1, 0.15) is 10.7 Å². The lowest BCUT2D eigenvalue weighted by Crippen LogP contribution is -2.09. The summed E-state index contributed by atoms with van der Waals surface area (Å²) in [5.41, 5.74) is 5.25. The van der Waals surface area contributed by atoms with E-state index in [4.69, 9.17) is 63.7 Å². The molecule has 0 fully saturated rings. The van der Waals surface area contributed by atoms with E-state index >= 15 is 0 Å². The number of nitrogen functional groups attached to an aromatic ring is 1. The first-order valence-corrected chi connectivity index (χ1v) is 4.77. The predicted molar refractivity (Wildman–Crippen MR) is 55.7 cm³/mol. The molecule has 0 atom stereocenters. The Bertz CT molecular complexity index is 334. The number of nitrogens with two attached hydrogens (primary N) is 1. The maximum Gasteiger partial charge on any atom is 0.234 e. The highest BCUT2D eigenvalue weighted by Gasteiger charge is 2.29. The van der Waals surface area contributed by atoms with E-state index in [1.807, 2.05) is 0 Å². The van der Waals surface area contributed by atoms with E-state index in [1.54, 1.807) is 0 Å². The number of anilines is 1. The third-order valence-corrected chi connectivity index (χ3v) is 2.36. The topological polar surface area (TPSA) is 51.8 Å². The molecule has 8 heteroatoms. The summed E-state index contributed by atoms with van der Waals surface area (Å²) < 4.78 is -1.77. The second kappa shape index (κ2) is 3.83. The molecular weight excluding hydrogens is 279 g/mol. The molecule has 0 aliphatic heterocycles. The smallest absolute Gasteiger partial charge is 0.234 e. The first kappa shape index (κ1) is 11.4. The van der Waals surface area contributed by atoms with Crippen LogP contribution in [0.2, 0.25) is 10.2 Å². The van der Waals surface area contributed by atoms with Crippen molar-refractivity contribution in [3.8, 4) is 0 Å². The average molecular weight is 281 g/mol. The highest BCUT2D eigenvalue weighted by atomic mass is 35.6. The number of aromatic nitrogens is 2. The van der Waals surface area contributed by atoms with Crippen LogP contribution in [0.3, 0.4) is 0 Å². The van der Waals surface area contributed by atoms with Crippen LogP contribution in [0.15, 0.2) is 0 Å². The molecule has 0 radical (unpaired) electrons. The number of nitrogens with zero attached hydrogens (tertiary/aromatic N) is 2. The highest BCUT2D eigenvalue weighted by molar-refractivity contribution is 6.67. The van der Waals surface area contributed by atoms with Gasteiger partial charge in [-0.3, -0.25) is 0 Å². The molecule has 1 rings (SSSR count). The molecule has 1 heterocycles. The zero-order chi connectivity index (χ0) is 10.2. The zero-order valence-electron chi connectivity index (χ0n) is 5.86. The molecule has 0 spiro atoms. The van der Waals surface area contributed by atoms with Gasteiger partial charge in [0.2, 0.25) is 9.74 Å². The fourth-order valence-corrected chi connectivity index (χ4v) is 1.58. The number of rotatable bonds is 0. The van der Waals surface area contributed by atoms with Crippen molar-refractivity contribution in [2.75, 3.05) is 5.73 Å². The monoisotopic (exact) mass is 279 g/mol. The minimum Gasteiger partial charge on any atom is -0.368 e. The van der Waals surface area contributed by atoms with Crippen LogP contribution >= 0.6 is 58.0 Å². The molecule has 1 aromatic rings. The van der Waals surface area contributed by atoms with Crippen LogP contribution in [0, 0.1) is 0 Å². The van der Waals surface area contributed by atoms with Crippen molar-refractivity contribution in [3.05, 3.63) is 15.9 Å². The molecular formula is C5H2Cl5N3. The molecule has 0 aliphatic rings. The summed E-state index contributed by atoms with van der Waals surface area (Å²) in [6.07, 6.45) is 0. The molecule has 13 heavy (non-hydrogen) atoms. The van der Waals surface area contributed by atoms with Gasteiger partial charge in [0.15, 0.2) is 5.15 Å². The Morgan fingerprint density at radius 1 is 1.08 bits per heavy atom. The fraction of sp³-hybridized carbons (Fsp3) is 0.200. The molecule has 0 unspecified atom stereocenters. The first-order chi connectivity index (χ1) is 5.82. The predicted octanol–water partition coefficient (Wildman–Crippen LogP) is 3.19. The molecule has 1 aromatic heterocycles. The minimum absolute atomic E-state index is 0.0177. The summed E-state index contributed by atoms with van der Waals surface area (Å²) in [6.45, 7) is 0. The molecule has 3 nitrogen and oxygen atoms in total. The van der Waals surface area contributed by atoms with Crippen molar-refractivity contribution in [1.82, 2.24) is 9.97 Å². The SMILES string of the molecule is Nc1nc(Cl)c(Cl)c(C(Cl)(Cl)Cl)n1. The quantitative estimate of drug-likeness (QED) is 0.587. The Morgan fingerprint density at radius 3 is 2.08 bits per heavy atom. The average Bonchev–Trinajstić information content (AvgIpc) is 1.94. The van der Waals surface area contributed by atoms with E-state index in [1.165, 1.54) is 0 Å². The van der Waals surface area contributed by atoms with E-state index in [0.717, 1.165) is 0 Å². The van der Waals surface area contributed by atoms with Gasteiger partial charge >= 0.3 is 0 Å². The van der Waals surface area contributed by atoms with Gasteiger partial charge in [-0.05, 0) is 0 Å². The van der Waals surface area contributed by atoms with Gasteiger partial charge < -0.3 is 5.73 Å². The van der Waals surface area contributed by atoms with Gasteiger partial charge in [0.05, 0.1) is 0 Å². The zero-order valence-corrected chi connectivity index (χ0v) is 9.64. The fourth-order valence-electron chi connectivity index (χ4n) is 0.624. The van der Waals surface area contributed by atoms with E-state index in [-0.39, 0.29) is 21.8 Å². The molecule has 72 valence electrons. The maximum absolute atomic E-state index is 5.68. The molecule has 0 saturated carbocycles. The van der Waals surface area contributed by atoms with Gasteiger partial charge in [-0.1, -0.05) is 58.0 Å². The lowest BCUT2D eigenvalue weighted by molar-refractivity contribution is 1.05. The third kappa shape index (κ3) is 2.64. The normalized spacial score (nSPS) is 11.8. The summed E-state index contributed by atoms with van der Waals surface area (Å²) in [4.78, 5) is 7.23. The van der Waals surface area contributed by atoms with Crippen molar-refractivity contribution in [2.24, 2.45) is 0 Å². The lowest BCUT2D eigenvalue weighted by atomic mass is 10.4. The van der Waals surface area contributed by atoms with Crippen molar-refractivity contribution in [2.45, 2.75) is 3.79 Å². The Morgan fingerprint density at radius 2 is 1.62 bits per heavy atom. The van der Waals surface area contributed by atoms with Crippen LogP contribution in [-0.2, 0) is 3.79 Å². The molecule has 0 aromatic carbocycles. The number of hydrogen-bond donors (Lipinski definition) is 1. The molecule has 2 N–H and O–H groups in total. The second-order valence-corrected chi connectivity index (χ2v) is 5.05. The van der Waals surface area contributed by atoms with Gasteiger partial charge in [0, 0.05) is 0 Å². The Kier molecular flexibility index (Phi) is 3.36. The number of hydrogen-bond acceptors (Lipinski definition) is 3. The summed E-state index contributed by atoms with van der Waals surface area (Å²) in [6, 6.07) is 0. The van der Waals surface area contributed by atoms with E-state index in [9.17, 15) is 0 Å². The Hall–Kier alpha value is 0.330. The summed E-state index contributed by atoms with van der Waals surface area (Å²) in [7, 11) is 0. The van der Waals surface area contributed by atoms with Crippen LogP contribution in [0.4, 0.5) is 5.95 Å². The van der Waals surface area contributed by atoms with Crippen LogP contribution in [0.5, 0.6) is 0 Å². The summed E-state index contributed by atoms with van der Waals surface area (Å²) in [5.74, 6) is -0.101. The molecule has 0 aliphatic carbocycles. The van der Waals surface area contributed by atoms with E-state index in [0.29, 0.717) is 0 Å². The summed E-state index contributed by atoms with van der Waals surface area (Å²) >= 11 is 27.9. The minimum atomic E-state index is -1.77. The largest absolute Gasteiger partial charge is 0.368 e. The van der Waals surface area contributed by atoms with Crippen LogP contribution in [0.1, 0.15) is 5.69 Å². The van der Waals surface area contributed by atoms with Crippen molar-refractivity contribution in [3.63, 3.8) is 0 Å². The maximum atomic E-state index is 5.68. The molecule has 0 saturated heterocycles. The standard InChI is InChI=1S/C5H2Cl5N3/c6-1-2(5(8,9)10)12-4(11)13-3(1)7/h(H2,11,12,13). The first-order valence-electron chi connectivity index (χ1n) is 2.88. The van der Waals surface area contributed by atoms with E-state index < -0.39 is 3.79 Å². The Balaban J connectivity index is 3.37. The van der Waals surface area contributed by atoms with Crippen molar-refractivity contribution >= 4 is 64.0 Å². The number of alkyl halides is 3. The lowest BCUT2D eigenvalue weighted by Gasteiger charge is -2.12.